The first-order chi connectivity index (χ1) is 9.04. The molecule has 0 saturated heterocycles. The van der Waals surface area contributed by atoms with E-state index in [0.717, 1.165) is 12.0 Å². The van der Waals surface area contributed by atoms with Gasteiger partial charge in [0.15, 0.2) is 5.78 Å². The number of ketones is 1. The van der Waals surface area contributed by atoms with Crippen LogP contribution in [0, 0.1) is 5.92 Å². The van der Waals surface area contributed by atoms with Crippen LogP contribution in [0.5, 0.6) is 0 Å². The van der Waals surface area contributed by atoms with Gasteiger partial charge in [-0.3, -0.25) is 4.79 Å². The van der Waals surface area contributed by atoms with Gasteiger partial charge in [0.2, 0.25) is 0 Å². The molecule has 1 unspecified atom stereocenters. The quantitative estimate of drug-likeness (QED) is 0.559. The van der Waals surface area contributed by atoms with Crippen LogP contribution in [0.2, 0.25) is 0 Å². The van der Waals surface area contributed by atoms with Gasteiger partial charge in [-0.1, -0.05) is 43.7 Å². The predicted octanol–water partition coefficient (Wildman–Crippen LogP) is 2.23. The maximum atomic E-state index is 12.2. The molecule has 0 N–H and O–H groups in total. The minimum atomic E-state index is -0.674. The lowest BCUT2D eigenvalue weighted by Crippen LogP contribution is -2.31. The Morgan fingerprint density at radius 2 is 1.84 bits per heavy atom. The number of rotatable bonds is 7. The molecule has 1 atom stereocenters. The number of benzene rings is 1. The van der Waals surface area contributed by atoms with Gasteiger partial charge in [0.05, 0.1) is 0 Å². The lowest BCUT2D eigenvalue weighted by atomic mass is 9.94. The maximum absolute atomic E-state index is 12.2. The van der Waals surface area contributed by atoms with Crippen LogP contribution in [-0.4, -0.2) is 30.9 Å². The predicted molar refractivity (Wildman–Crippen MR) is 73.3 cm³/mol. The average molecular weight is 263 g/mol. The smallest absolute Gasteiger partial charge is 0.335 e. The van der Waals surface area contributed by atoms with E-state index in [1.165, 1.54) is 5.06 Å². The number of carbonyl (C=O) groups excluding carboxylic acids is 2. The van der Waals surface area contributed by atoms with E-state index in [9.17, 15) is 9.59 Å². The zero-order chi connectivity index (χ0) is 14.3. The summed E-state index contributed by atoms with van der Waals surface area (Å²) in [5, 5.41) is 1.32. The van der Waals surface area contributed by atoms with E-state index < -0.39 is 11.9 Å². The van der Waals surface area contributed by atoms with E-state index in [0.29, 0.717) is 6.42 Å². The molecule has 19 heavy (non-hydrogen) atoms. The van der Waals surface area contributed by atoms with Crippen LogP contribution in [0.1, 0.15) is 25.3 Å². The highest BCUT2D eigenvalue weighted by atomic mass is 16.7. The highest BCUT2D eigenvalue weighted by molar-refractivity contribution is 5.99. The summed E-state index contributed by atoms with van der Waals surface area (Å²) in [6.45, 7) is 1.95. The monoisotopic (exact) mass is 263 g/mol. The zero-order valence-electron chi connectivity index (χ0n) is 11.8. The fourth-order valence-corrected chi connectivity index (χ4v) is 1.86. The largest absolute Gasteiger partial charge is 0.368 e. The van der Waals surface area contributed by atoms with Gasteiger partial charge in [0.1, 0.15) is 5.92 Å². The van der Waals surface area contributed by atoms with E-state index >= 15 is 0 Å². The van der Waals surface area contributed by atoms with Gasteiger partial charge in [0.25, 0.3) is 0 Å². The molecule has 104 valence electrons. The van der Waals surface area contributed by atoms with E-state index in [2.05, 4.69) is 0 Å². The molecule has 0 spiro atoms. The van der Waals surface area contributed by atoms with Crippen LogP contribution < -0.4 is 0 Å². The average Bonchev–Trinajstić information content (AvgIpc) is 2.36. The summed E-state index contributed by atoms with van der Waals surface area (Å²) in [6, 6.07) is 9.44. The second kappa shape index (κ2) is 7.69. The van der Waals surface area contributed by atoms with Gasteiger partial charge in [-0.05, 0) is 12.0 Å². The Kier molecular flexibility index (Phi) is 6.22. The first kappa shape index (κ1) is 15.4. The molecule has 0 saturated carbocycles. The van der Waals surface area contributed by atoms with Crippen molar-refractivity contribution in [3.8, 4) is 0 Å². The minimum Gasteiger partial charge on any atom is -0.368 e. The minimum absolute atomic E-state index is 0.0834. The number of hydrogen-bond donors (Lipinski definition) is 0. The third kappa shape index (κ3) is 5.22. The second-order valence-corrected chi connectivity index (χ2v) is 4.69. The number of Topliss-reactive ketones (excluding diaryl/α,β-unsaturated/α-hetero) is 1. The Labute approximate surface area is 114 Å². The van der Waals surface area contributed by atoms with E-state index in [4.69, 9.17) is 4.84 Å². The van der Waals surface area contributed by atoms with Crippen LogP contribution >= 0.6 is 0 Å². The van der Waals surface area contributed by atoms with E-state index in [1.807, 2.05) is 37.3 Å². The molecule has 0 aromatic heterocycles. The summed E-state index contributed by atoms with van der Waals surface area (Å²) in [5.41, 5.74) is 0.922. The summed E-state index contributed by atoms with van der Waals surface area (Å²) >= 11 is 0. The normalized spacial score (nSPS) is 12.2. The van der Waals surface area contributed by atoms with Crippen molar-refractivity contribution in [3.63, 3.8) is 0 Å². The van der Waals surface area contributed by atoms with Crippen LogP contribution in [0.4, 0.5) is 0 Å². The molecule has 0 radical (unpaired) electrons. The molecule has 0 aliphatic rings. The Bertz CT molecular complexity index is 415. The molecule has 1 aromatic rings. The molecule has 1 rings (SSSR count). The van der Waals surface area contributed by atoms with Crippen molar-refractivity contribution in [2.45, 2.75) is 26.2 Å². The molecule has 0 bridgehead atoms. The third-order valence-corrected chi connectivity index (χ3v) is 2.74. The Morgan fingerprint density at radius 3 is 2.37 bits per heavy atom. The number of hydroxylamine groups is 2. The van der Waals surface area contributed by atoms with Crippen LogP contribution in [0.15, 0.2) is 30.3 Å². The van der Waals surface area contributed by atoms with Crippen molar-refractivity contribution >= 4 is 11.8 Å². The maximum Gasteiger partial charge on any atom is 0.335 e. The van der Waals surface area contributed by atoms with Gasteiger partial charge in [-0.2, -0.15) is 0 Å². The molecular formula is C15H21NO3. The Balaban J connectivity index is 2.70. The summed E-state index contributed by atoms with van der Waals surface area (Å²) in [4.78, 5) is 29.1. The first-order valence-corrected chi connectivity index (χ1v) is 6.50. The van der Waals surface area contributed by atoms with E-state index in [1.54, 1.807) is 14.1 Å². The molecule has 0 aliphatic carbocycles. The summed E-state index contributed by atoms with van der Waals surface area (Å²) in [5.74, 6) is -1.22. The lowest BCUT2D eigenvalue weighted by molar-refractivity contribution is -0.184. The van der Waals surface area contributed by atoms with Crippen LogP contribution in [-0.2, 0) is 20.8 Å². The molecule has 4 heteroatoms. The Morgan fingerprint density at radius 1 is 1.21 bits per heavy atom. The molecule has 1 aromatic carbocycles. The topological polar surface area (TPSA) is 46.6 Å². The third-order valence-electron chi connectivity index (χ3n) is 2.74. The lowest BCUT2D eigenvalue weighted by Gasteiger charge is -2.17. The van der Waals surface area contributed by atoms with Crippen molar-refractivity contribution in [3.05, 3.63) is 35.9 Å². The molecular weight excluding hydrogens is 242 g/mol. The van der Waals surface area contributed by atoms with Crippen molar-refractivity contribution in [1.29, 1.82) is 0 Å². The van der Waals surface area contributed by atoms with Gasteiger partial charge >= 0.3 is 5.97 Å². The van der Waals surface area contributed by atoms with Crippen molar-refractivity contribution < 1.29 is 14.4 Å². The highest BCUT2D eigenvalue weighted by Crippen LogP contribution is 2.14. The molecule has 0 heterocycles. The number of hydrogen-bond acceptors (Lipinski definition) is 4. The van der Waals surface area contributed by atoms with Crippen LogP contribution in [0.3, 0.4) is 0 Å². The van der Waals surface area contributed by atoms with Gasteiger partial charge in [0, 0.05) is 20.5 Å². The van der Waals surface area contributed by atoms with Crippen molar-refractivity contribution in [1.82, 2.24) is 5.06 Å². The zero-order valence-corrected chi connectivity index (χ0v) is 11.8. The fourth-order valence-electron chi connectivity index (χ4n) is 1.86. The van der Waals surface area contributed by atoms with Crippen molar-refractivity contribution in [2.24, 2.45) is 5.92 Å². The van der Waals surface area contributed by atoms with Gasteiger partial charge in [-0.15, -0.1) is 5.06 Å². The standard InChI is InChI=1S/C15H21NO3/c1-4-8-13(15(18)19-16(2)3)14(17)11-12-9-6-5-7-10-12/h5-7,9-10,13H,4,8,11H2,1-3H3. The number of carbonyl (C=O) groups is 2. The Hall–Kier alpha value is -1.68. The second-order valence-electron chi connectivity index (χ2n) is 4.69. The van der Waals surface area contributed by atoms with Crippen LogP contribution in [0.25, 0.3) is 0 Å². The molecule has 0 fully saturated rings. The molecule has 4 nitrogen and oxygen atoms in total. The van der Waals surface area contributed by atoms with Gasteiger partial charge in [-0.25, -0.2) is 4.79 Å². The number of nitrogens with zero attached hydrogens (tertiary/aromatic N) is 1. The van der Waals surface area contributed by atoms with E-state index in [-0.39, 0.29) is 12.2 Å². The summed E-state index contributed by atoms with van der Waals surface area (Å²) in [7, 11) is 3.26. The highest BCUT2D eigenvalue weighted by Gasteiger charge is 2.27. The SMILES string of the molecule is CCCC(C(=O)Cc1ccccc1)C(=O)ON(C)C. The molecule has 0 aliphatic heterocycles. The fraction of sp³-hybridized carbons (Fsp3) is 0.467. The summed E-state index contributed by atoms with van der Waals surface area (Å²) in [6.07, 6.45) is 1.57. The summed E-state index contributed by atoms with van der Waals surface area (Å²) < 4.78 is 0. The molecule has 0 amide bonds. The first-order valence-electron chi connectivity index (χ1n) is 6.50. The van der Waals surface area contributed by atoms with Gasteiger partial charge < -0.3 is 4.84 Å². The van der Waals surface area contributed by atoms with Crippen molar-refractivity contribution in [2.75, 3.05) is 14.1 Å².